The Balaban J connectivity index is 1.95. The Bertz CT molecular complexity index is 677. The lowest BCUT2D eigenvalue weighted by Crippen LogP contribution is -2.19. The van der Waals surface area contributed by atoms with E-state index in [1.165, 1.54) is 0 Å². The largest absolute Gasteiger partial charge is 0.491 e. The molecule has 0 aliphatic heterocycles. The summed E-state index contributed by atoms with van der Waals surface area (Å²) in [4.78, 5) is 12.0. The van der Waals surface area contributed by atoms with E-state index in [1.54, 1.807) is 43.5 Å². The number of anilines is 2. The average Bonchev–Trinajstić information content (AvgIpc) is 2.50. The molecule has 0 fully saturated rings. The summed E-state index contributed by atoms with van der Waals surface area (Å²) >= 11 is 5.89. The fourth-order valence-corrected chi connectivity index (χ4v) is 2.15. The summed E-state index contributed by atoms with van der Waals surface area (Å²) in [7, 11) is 1.63. The van der Waals surface area contributed by atoms with Crippen LogP contribution in [0.2, 0.25) is 5.02 Å². The number of carbonyl (C=O) groups is 1. The van der Waals surface area contributed by atoms with Crippen molar-refractivity contribution in [3.63, 3.8) is 0 Å². The van der Waals surface area contributed by atoms with E-state index in [1.807, 2.05) is 13.0 Å². The van der Waals surface area contributed by atoms with Crippen molar-refractivity contribution in [2.75, 3.05) is 31.0 Å². The van der Waals surface area contributed by atoms with E-state index in [0.29, 0.717) is 29.6 Å². The van der Waals surface area contributed by atoms with Crippen LogP contribution < -0.4 is 15.4 Å². The van der Waals surface area contributed by atoms with Gasteiger partial charge in [0, 0.05) is 23.5 Å². The molecule has 0 unspecified atom stereocenters. The molecule has 2 amide bonds. The van der Waals surface area contributed by atoms with Crippen molar-refractivity contribution in [1.82, 2.24) is 0 Å². The summed E-state index contributed by atoms with van der Waals surface area (Å²) in [5, 5.41) is 6.10. The predicted molar refractivity (Wildman–Crippen MR) is 92.6 cm³/mol. The van der Waals surface area contributed by atoms with Gasteiger partial charge < -0.3 is 20.1 Å². The molecule has 23 heavy (non-hydrogen) atoms. The number of nitrogens with one attached hydrogen (secondary N) is 2. The Morgan fingerprint density at radius 1 is 1.13 bits per heavy atom. The minimum Gasteiger partial charge on any atom is -0.491 e. The van der Waals surface area contributed by atoms with Crippen LogP contribution in [0, 0.1) is 6.92 Å². The highest BCUT2D eigenvalue weighted by Crippen LogP contribution is 2.22. The lowest BCUT2D eigenvalue weighted by atomic mass is 10.2. The average molecular weight is 335 g/mol. The predicted octanol–water partition coefficient (Wildman–Crippen LogP) is 4.32. The van der Waals surface area contributed by atoms with Gasteiger partial charge >= 0.3 is 6.03 Å². The highest BCUT2D eigenvalue weighted by molar-refractivity contribution is 6.30. The molecule has 0 spiro atoms. The highest BCUT2D eigenvalue weighted by Gasteiger charge is 2.06. The van der Waals surface area contributed by atoms with Gasteiger partial charge in [0.2, 0.25) is 0 Å². The summed E-state index contributed by atoms with van der Waals surface area (Å²) < 4.78 is 10.5. The number of carbonyl (C=O) groups excluding carboxylic acids is 1. The second-order valence-electron chi connectivity index (χ2n) is 4.91. The molecule has 0 aliphatic carbocycles. The fraction of sp³-hybridized carbons (Fsp3) is 0.235. The van der Waals surface area contributed by atoms with Crippen molar-refractivity contribution in [3.8, 4) is 5.75 Å². The van der Waals surface area contributed by atoms with Crippen LogP contribution in [0.5, 0.6) is 5.75 Å². The number of methoxy groups -OCH3 is 1. The summed E-state index contributed by atoms with van der Waals surface area (Å²) in [6.07, 6.45) is 0. The van der Waals surface area contributed by atoms with Crippen LogP contribution >= 0.6 is 11.6 Å². The van der Waals surface area contributed by atoms with Gasteiger partial charge in [-0.3, -0.25) is 0 Å². The number of ether oxygens (including phenoxy) is 2. The van der Waals surface area contributed by atoms with Crippen LogP contribution in [0.3, 0.4) is 0 Å². The quantitative estimate of drug-likeness (QED) is 0.773. The second kappa shape index (κ2) is 8.41. The normalized spacial score (nSPS) is 10.2. The Hall–Kier alpha value is -2.24. The first kappa shape index (κ1) is 17.1. The van der Waals surface area contributed by atoms with Crippen LogP contribution in [0.15, 0.2) is 42.5 Å². The molecular formula is C17H19ClN2O3. The van der Waals surface area contributed by atoms with Crippen molar-refractivity contribution in [2.24, 2.45) is 0 Å². The first-order chi connectivity index (χ1) is 11.1. The first-order valence-electron chi connectivity index (χ1n) is 7.14. The van der Waals surface area contributed by atoms with Crippen LogP contribution in [0.1, 0.15) is 5.56 Å². The highest BCUT2D eigenvalue weighted by atomic mass is 35.5. The number of halogens is 1. The molecule has 0 heterocycles. The third kappa shape index (κ3) is 5.47. The van der Waals surface area contributed by atoms with Gasteiger partial charge in [-0.2, -0.15) is 0 Å². The van der Waals surface area contributed by atoms with Crippen LogP contribution in [-0.4, -0.2) is 26.4 Å². The van der Waals surface area contributed by atoms with Crippen molar-refractivity contribution >= 4 is 29.0 Å². The van der Waals surface area contributed by atoms with Crippen LogP contribution in [0.4, 0.5) is 16.2 Å². The van der Waals surface area contributed by atoms with Gasteiger partial charge in [0.1, 0.15) is 12.4 Å². The maximum absolute atomic E-state index is 12.0. The number of hydrogen-bond acceptors (Lipinski definition) is 3. The number of amides is 2. The molecule has 2 rings (SSSR count). The molecule has 122 valence electrons. The van der Waals surface area contributed by atoms with E-state index in [9.17, 15) is 4.79 Å². The SMILES string of the molecule is COCCOc1ccc(NC(=O)Nc2cccc(Cl)c2)c(C)c1. The van der Waals surface area contributed by atoms with E-state index in [2.05, 4.69) is 10.6 Å². The van der Waals surface area contributed by atoms with E-state index in [-0.39, 0.29) is 6.03 Å². The minimum atomic E-state index is -0.330. The van der Waals surface area contributed by atoms with E-state index >= 15 is 0 Å². The van der Waals surface area contributed by atoms with Gasteiger partial charge in [-0.25, -0.2) is 4.79 Å². The number of rotatable bonds is 6. The molecule has 0 radical (unpaired) electrons. The van der Waals surface area contributed by atoms with Gasteiger partial charge in [-0.1, -0.05) is 17.7 Å². The van der Waals surface area contributed by atoms with Crippen molar-refractivity contribution < 1.29 is 14.3 Å². The number of aryl methyl sites for hydroxylation is 1. The van der Waals surface area contributed by atoms with Crippen LogP contribution in [0.25, 0.3) is 0 Å². The van der Waals surface area contributed by atoms with Gasteiger partial charge in [0.25, 0.3) is 0 Å². The van der Waals surface area contributed by atoms with E-state index in [0.717, 1.165) is 11.3 Å². The standard InChI is InChI=1S/C17H19ClN2O3/c1-12-10-15(23-9-8-22-2)6-7-16(12)20-17(21)19-14-5-3-4-13(18)11-14/h3-7,10-11H,8-9H2,1-2H3,(H2,19,20,21). The molecule has 6 heteroatoms. The number of urea groups is 1. The molecule has 0 atom stereocenters. The molecular weight excluding hydrogens is 316 g/mol. The summed E-state index contributed by atoms with van der Waals surface area (Å²) in [5.74, 6) is 0.736. The molecule has 0 saturated carbocycles. The summed E-state index contributed by atoms with van der Waals surface area (Å²) in [6.45, 7) is 2.91. The molecule has 0 saturated heterocycles. The minimum absolute atomic E-state index is 0.330. The smallest absolute Gasteiger partial charge is 0.323 e. The zero-order chi connectivity index (χ0) is 16.7. The molecule has 0 bridgehead atoms. The molecule has 0 aromatic heterocycles. The summed E-state index contributed by atoms with van der Waals surface area (Å²) in [5.41, 5.74) is 2.25. The third-order valence-corrected chi connectivity index (χ3v) is 3.32. The molecule has 5 nitrogen and oxygen atoms in total. The van der Waals surface area contributed by atoms with Crippen molar-refractivity contribution in [2.45, 2.75) is 6.92 Å². The van der Waals surface area contributed by atoms with Gasteiger partial charge in [0.05, 0.1) is 6.61 Å². The molecule has 2 aromatic carbocycles. The Morgan fingerprint density at radius 3 is 2.65 bits per heavy atom. The monoisotopic (exact) mass is 334 g/mol. The maximum atomic E-state index is 12.0. The van der Waals surface area contributed by atoms with E-state index in [4.69, 9.17) is 21.1 Å². The Labute approximate surface area is 140 Å². The zero-order valence-corrected chi connectivity index (χ0v) is 13.8. The fourth-order valence-electron chi connectivity index (χ4n) is 1.96. The lowest BCUT2D eigenvalue weighted by Gasteiger charge is -2.12. The van der Waals surface area contributed by atoms with Crippen molar-refractivity contribution in [3.05, 3.63) is 53.1 Å². The number of hydrogen-bond donors (Lipinski definition) is 2. The Kier molecular flexibility index (Phi) is 6.26. The van der Waals surface area contributed by atoms with Crippen LogP contribution in [-0.2, 0) is 4.74 Å². The second-order valence-corrected chi connectivity index (χ2v) is 5.34. The van der Waals surface area contributed by atoms with Gasteiger partial charge in [-0.05, 0) is 48.9 Å². The van der Waals surface area contributed by atoms with E-state index < -0.39 is 0 Å². The molecule has 0 aliphatic rings. The maximum Gasteiger partial charge on any atom is 0.323 e. The van der Waals surface area contributed by atoms with Gasteiger partial charge in [0.15, 0.2) is 0 Å². The topological polar surface area (TPSA) is 59.6 Å². The molecule has 2 N–H and O–H groups in total. The zero-order valence-electron chi connectivity index (χ0n) is 13.1. The lowest BCUT2D eigenvalue weighted by molar-refractivity contribution is 0.146. The summed E-state index contributed by atoms with van der Waals surface area (Å²) in [6, 6.07) is 12.1. The third-order valence-electron chi connectivity index (χ3n) is 3.08. The van der Waals surface area contributed by atoms with Gasteiger partial charge in [-0.15, -0.1) is 0 Å². The number of benzene rings is 2. The van der Waals surface area contributed by atoms with Crippen molar-refractivity contribution in [1.29, 1.82) is 0 Å². The Morgan fingerprint density at radius 2 is 1.96 bits per heavy atom. The first-order valence-corrected chi connectivity index (χ1v) is 7.52. The molecule has 2 aromatic rings.